The topological polar surface area (TPSA) is 52.0 Å². The zero-order chi connectivity index (χ0) is 8.72. The lowest BCUT2D eigenvalue weighted by molar-refractivity contribution is 0.459. The first kappa shape index (κ1) is 7.16. The van der Waals surface area contributed by atoms with Crippen LogP contribution in [0.4, 0.5) is 5.82 Å². The average molecular weight is 162 g/mol. The maximum Gasteiger partial charge on any atom is 0.174 e. The molecule has 0 spiro atoms. The van der Waals surface area contributed by atoms with Gasteiger partial charge >= 0.3 is 0 Å². The molecule has 0 aliphatic carbocycles. The third-order valence-electron chi connectivity index (χ3n) is 2.19. The second-order valence-corrected chi connectivity index (χ2v) is 2.95. The molecule has 0 saturated heterocycles. The van der Waals surface area contributed by atoms with Gasteiger partial charge in [0.05, 0.1) is 5.39 Å². The van der Waals surface area contributed by atoms with Crippen LogP contribution < -0.4 is 5.73 Å². The summed E-state index contributed by atoms with van der Waals surface area (Å²) in [6, 6.07) is 3.95. The summed E-state index contributed by atoms with van der Waals surface area (Å²) < 4.78 is 5.09. The van der Waals surface area contributed by atoms with Crippen LogP contribution in [0.1, 0.15) is 11.1 Å². The molecule has 2 aromatic rings. The molecule has 0 fully saturated rings. The lowest BCUT2D eigenvalue weighted by atomic mass is 10.1. The molecule has 0 aliphatic rings. The Morgan fingerprint density at radius 2 is 2.08 bits per heavy atom. The Labute approximate surface area is 70.1 Å². The Hall–Kier alpha value is -1.51. The summed E-state index contributed by atoms with van der Waals surface area (Å²) in [5.74, 6) is 0.466. The summed E-state index contributed by atoms with van der Waals surface area (Å²) in [7, 11) is 0. The maximum absolute atomic E-state index is 5.59. The zero-order valence-electron chi connectivity index (χ0n) is 7.09. The van der Waals surface area contributed by atoms with E-state index in [-0.39, 0.29) is 0 Å². The summed E-state index contributed by atoms with van der Waals surface area (Å²) in [5, 5.41) is 4.60. The number of hydrogen-bond donors (Lipinski definition) is 1. The summed E-state index contributed by atoms with van der Waals surface area (Å²) in [6.07, 6.45) is 0. The molecule has 2 N–H and O–H groups in total. The van der Waals surface area contributed by atoms with Gasteiger partial charge in [0, 0.05) is 0 Å². The molecule has 0 amide bonds. The summed E-state index contributed by atoms with van der Waals surface area (Å²) in [4.78, 5) is 0. The highest BCUT2D eigenvalue weighted by atomic mass is 16.5. The molecule has 0 radical (unpaired) electrons. The van der Waals surface area contributed by atoms with Gasteiger partial charge in [-0.15, -0.1) is 0 Å². The summed E-state index contributed by atoms with van der Waals surface area (Å²) >= 11 is 0. The fraction of sp³-hybridized carbons (Fsp3) is 0.222. The number of nitrogens with two attached hydrogens (primary N) is 1. The molecular formula is C9H10N2O. The van der Waals surface area contributed by atoms with Crippen LogP contribution in [-0.4, -0.2) is 5.16 Å². The van der Waals surface area contributed by atoms with Crippen molar-refractivity contribution in [2.45, 2.75) is 13.8 Å². The molecule has 3 nitrogen and oxygen atoms in total. The number of rotatable bonds is 0. The SMILES string of the molecule is Cc1ccc2c(N)noc2c1C. The van der Waals surface area contributed by atoms with Gasteiger partial charge in [-0.2, -0.15) is 0 Å². The minimum absolute atomic E-state index is 0.466. The van der Waals surface area contributed by atoms with Crippen molar-refractivity contribution in [3.63, 3.8) is 0 Å². The maximum atomic E-state index is 5.59. The van der Waals surface area contributed by atoms with Crippen molar-refractivity contribution in [1.29, 1.82) is 0 Å². The van der Waals surface area contributed by atoms with Crippen LogP contribution in [0.15, 0.2) is 16.7 Å². The number of aromatic nitrogens is 1. The fourth-order valence-corrected chi connectivity index (χ4v) is 1.25. The molecular weight excluding hydrogens is 152 g/mol. The largest absolute Gasteiger partial charge is 0.380 e. The van der Waals surface area contributed by atoms with Gasteiger partial charge in [0.1, 0.15) is 0 Å². The highest BCUT2D eigenvalue weighted by Crippen LogP contribution is 2.25. The lowest BCUT2D eigenvalue weighted by Crippen LogP contribution is -1.84. The highest BCUT2D eigenvalue weighted by Gasteiger charge is 2.07. The van der Waals surface area contributed by atoms with Gasteiger partial charge in [0.25, 0.3) is 0 Å². The van der Waals surface area contributed by atoms with E-state index in [4.69, 9.17) is 10.3 Å². The van der Waals surface area contributed by atoms with E-state index in [0.29, 0.717) is 5.82 Å². The molecule has 1 aromatic heterocycles. The minimum atomic E-state index is 0.466. The molecule has 1 heterocycles. The van der Waals surface area contributed by atoms with Crippen LogP contribution in [0, 0.1) is 13.8 Å². The Bertz CT molecular complexity index is 431. The van der Waals surface area contributed by atoms with Crippen LogP contribution in [0.25, 0.3) is 11.0 Å². The normalized spacial score (nSPS) is 10.8. The van der Waals surface area contributed by atoms with Gasteiger partial charge in [-0.25, -0.2) is 0 Å². The Balaban J connectivity index is 2.93. The van der Waals surface area contributed by atoms with Gasteiger partial charge in [0.2, 0.25) is 0 Å². The predicted molar refractivity (Wildman–Crippen MR) is 47.9 cm³/mol. The van der Waals surface area contributed by atoms with Crippen LogP contribution in [0.3, 0.4) is 0 Å². The van der Waals surface area contributed by atoms with E-state index in [1.54, 1.807) is 0 Å². The molecule has 0 unspecified atom stereocenters. The van der Waals surface area contributed by atoms with Crippen molar-refractivity contribution < 1.29 is 4.52 Å². The van der Waals surface area contributed by atoms with Crippen molar-refractivity contribution in [1.82, 2.24) is 5.16 Å². The van der Waals surface area contributed by atoms with E-state index >= 15 is 0 Å². The third kappa shape index (κ3) is 0.794. The number of nitrogen functional groups attached to an aromatic ring is 1. The zero-order valence-corrected chi connectivity index (χ0v) is 7.09. The van der Waals surface area contributed by atoms with E-state index in [9.17, 15) is 0 Å². The van der Waals surface area contributed by atoms with E-state index in [0.717, 1.165) is 16.5 Å². The van der Waals surface area contributed by atoms with E-state index < -0.39 is 0 Å². The minimum Gasteiger partial charge on any atom is -0.380 e. The molecule has 1 aromatic carbocycles. The molecule has 12 heavy (non-hydrogen) atoms. The van der Waals surface area contributed by atoms with Crippen molar-refractivity contribution in [3.05, 3.63) is 23.3 Å². The first-order chi connectivity index (χ1) is 5.70. The second-order valence-electron chi connectivity index (χ2n) is 2.95. The van der Waals surface area contributed by atoms with Crippen molar-refractivity contribution >= 4 is 16.8 Å². The number of anilines is 1. The molecule has 0 saturated carbocycles. The number of hydrogen-bond acceptors (Lipinski definition) is 3. The smallest absolute Gasteiger partial charge is 0.174 e. The summed E-state index contributed by atoms with van der Waals surface area (Å²) in [6.45, 7) is 4.04. The fourth-order valence-electron chi connectivity index (χ4n) is 1.25. The lowest BCUT2D eigenvalue weighted by Gasteiger charge is -1.97. The van der Waals surface area contributed by atoms with Crippen molar-refractivity contribution in [2.24, 2.45) is 0 Å². The first-order valence-corrected chi connectivity index (χ1v) is 3.81. The van der Waals surface area contributed by atoms with Gasteiger partial charge in [-0.1, -0.05) is 11.2 Å². The summed E-state index contributed by atoms with van der Waals surface area (Å²) in [5.41, 5.74) is 8.69. The van der Waals surface area contributed by atoms with Crippen molar-refractivity contribution in [2.75, 3.05) is 5.73 Å². The van der Waals surface area contributed by atoms with Crippen LogP contribution in [0.5, 0.6) is 0 Å². The number of aryl methyl sites for hydroxylation is 2. The molecule has 3 heteroatoms. The van der Waals surface area contributed by atoms with E-state index in [1.807, 2.05) is 26.0 Å². The molecule has 0 aliphatic heterocycles. The number of fused-ring (bicyclic) bond motifs is 1. The van der Waals surface area contributed by atoms with Crippen molar-refractivity contribution in [3.8, 4) is 0 Å². The first-order valence-electron chi connectivity index (χ1n) is 3.81. The highest BCUT2D eigenvalue weighted by molar-refractivity contribution is 5.89. The van der Waals surface area contributed by atoms with Gasteiger partial charge < -0.3 is 10.3 Å². The second kappa shape index (κ2) is 2.24. The molecule has 0 atom stereocenters. The standard InChI is InChI=1S/C9H10N2O/c1-5-3-4-7-8(6(5)2)12-11-9(7)10/h3-4H,1-2H3,(H2,10,11). The van der Waals surface area contributed by atoms with E-state index in [1.165, 1.54) is 5.56 Å². The molecule has 0 bridgehead atoms. The van der Waals surface area contributed by atoms with Crippen LogP contribution >= 0.6 is 0 Å². The van der Waals surface area contributed by atoms with E-state index in [2.05, 4.69) is 5.16 Å². The Kier molecular flexibility index (Phi) is 1.33. The van der Waals surface area contributed by atoms with Gasteiger partial charge in [-0.3, -0.25) is 0 Å². The van der Waals surface area contributed by atoms with Gasteiger partial charge in [-0.05, 0) is 31.0 Å². The molecule has 62 valence electrons. The quantitative estimate of drug-likeness (QED) is 0.644. The Morgan fingerprint density at radius 3 is 2.83 bits per heavy atom. The van der Waals surface area contributed by atoms with Crippen LogP contribution in [-0.2, 0) is 0 Å². The number of nitrogens with zero attached hydrogens (tertiary/aromatic N) is 1. The average Bonchev–Trinajstić information content (AvgIpc) is 2.41. The monoisotopic (exact) mass is 162 g/mol. The Morgan fingerprint density at radius 1 is 1.33 bits per heavy atom. The predicted octanol–water partition coefficient (Wildman–Crippen LogP) is 2.03. The number of benzene rings is 1. The third-order valence-corrected chi connectivity index (χ3v) is 2.19. The van der Waals surface area contributed by atoms with Crippen LogP contribution in [0.2, 0.25) is 0 Å². The molecule has 2 rings (SSSR count). The van der Waals surface area contributed by atoms with Gasteiger partial charge in [0.15, 0.2) is 11.4 Å².